The number of hydrogen-bond donors (Lipinski definition) is 5. The summed E-state index contributed by atoms with van der Waals surface area (Å²) in [4.78, 5) is 22.6. The Hall–Kier alpha value is -3.51. The van der Waals surface area contributed by atoms with E-state index in [1.54, 1.807) is 19.1 Å². The Morgan fingerprint density at radius 2 is 1.84 bits per heavy atom. The number of nitrogens with one attached hydrogen (secondary N) is 2. The number of hydroxylamine groups is 2. The number of hydrogen-bond acceptors (Lipinski definition) is 9. The minimum absolute atomic E-state index is 0.0251. The molecule has 3 aliphatic carbocycles. The Labute approximate surface area is 335 Å². The first-order valence-electron chi connectivity index (χ1n) is 20.3. The van der Waals surface area contributed by atoms with Crippen LogP contribution in [-0.4, -0.2) is 91.5 Å². The first-order chi connectivity index (χ1) is 26.4. The normalized spacial score (nSPS) is 27.6. The molecule has 0 aromatic heterocycles. The molecule has 1 amide bonds. The molecule has 1 unspecified atom stereocenters. The van der Waals surface area contributed by atoms with E-state index in [0.717, 1.165) is 29.7 Å². The number of fused-ring (bicyclic) bond motifs is 2. The predicted octanol–water partition coefficient (Wildman–Crippen LogP) is 6.25. The summed E-state index contributed by atoms with van der Waals surface area (Å²) < 4.78 is 6.17. The molecule has 2 bridgehead atoms. The summed E-state index contributed by atoms with van der Waals surface area (Å²) in [7, 11) is 5.53. The van der Waals surface area contributed by atoms with Gasteiger partial charge in [-0.15, -0.1) is 0 Å². The van der Waals surface area contributed by atoms with Crippen molar-refractivity contribution in [2.45, 2.75) is 98.2 Å². The number of ether oxygens (including phenoxy) is 1. The second kappa shape index (κ2) is 18.0. The van der Waals surface area contributed by atoms with E-state index in [0.29, 0.717) is 41.2 Å². The number of amides is 1. The first-order valence-corrected chi connectivity index (χ1v) is 20.3. The summed E-state index contributed by atoms with van der Waals surface area (Å²) in [5.74, 6) is 1.04. The molecule has 1 saturated heterocycles. The van der Waals surface area contributed by atoms with E-state index in [1.807, 2.05) is 55.4 Å². The van der Waals surface area contributed by atoms with Gasteiger partial charge in [0.2, 0.25) is 5.91 Å². The smallest absolute Gasteiger partial charge is 0.240 e. The van der Waals surface area contributed by atoms with Crippen LogP contribution in [0.2, 0.25) is 0 Å². The maximum Gasteiger partial charge on any atom is 0.240 e. The third-order valence-electron chi connectivity index (χ3n) is 12.6. The Kier molecular flexibility index (Phi) is 14.0. The van der Waals surface area contributed by atoms with Crippen LogP contribution in [0.4, 0.5) is 5.69 Å². The lowest BCUT2D eigenvalue weighted by Crippen LogP contribution is -2.62. The lowest BCUT2D eigenvalue weighted by Gasteiger charge is -2.62. The minimum atomic E-state index is -0.923. The number of aliphatic hydroxyl groups excluding tert-OH is 3. The van der Waals surface area contributed by atoms with Gasteiger partial charge in [-0.1, -0.05) is 90.6 Å². The number of benzene rings is 2. The highest BCUT2D eigenvalue weighted by molar-refractivity contribution is 5.83. The number of rotatable bonds is 16. The van der Waals surface area contributed by atoms with Crippen molar-refractivity contribution in [2.24, 2.45) is 34.5 Å². The van der Waals surface area contributed by atoms with Gasteiger partial charge in [-0.2, -0.15) is 5.06 Å². The van der Waals surface area contributed by atoms with Crippen LogP contribution in [0, 0.1) is 34.5 Å². The highest BCUT2D eigenvalue weighted by Gasteiger charge is 2.57. The quantitative estimate of drug-likeness (QED) is 0.0765. The average molecular weight is 773 g/mol. The van der Waals surface area contributed by atoms with E-state index in [2.05, 4.69) is 83.0 Å². The van der Waals surface area contributed by atoms with Gasteiger partial charge in [0, 0.05) is 49.4 Å². The topological polar surface area (TPSA) is 127 Å². The molecule has 2 aromatic rings. The highest BCUT2D eigenvalue weighted by atomic mass is 16.7. The van der Waals surface area contributed by atoms with Gasteiger partial charge in [0.05, 0.1) is 26.4 Å². The molecular weight excluding hydrogens is 705 g/mol. The zero-order valence-corrected chi connectivity index (χ0v) is 35.4. The largest absolute Gasteiger partial charge is 0.496 e. The molecule has 6 rings (SSSR count). The summed E-state index contributed by atoms with van der Waals surface area (Å²) in [6, 6.07) is 15.3. The zero-order chi connectivity index (χ0) is 41.1. The van der Waals surface area contributed by atoms with E-state index in [9.17, 15) is 20.1 Å². The van der Waals surface area contributed by atoms with Gasteiger partial charge < -0.3 is 30.3 Å². The minimum Gasteiger partial charge on any atom is -0.496 e. The third kappa shape index (κ3) is 9.77. The first kappa shape index (κ1) is 43.6. The lowest BCUT2D eigenvalue weighted by atomic mass is 9.45. The van der Waals surface area contributed by atoms with E-state index in [1.165, 1.54) is 12.0 Å². The van der Waals surface area contributed by atoms with Crippen molar-refractivity contribution in [3.05, 3.63) is 95.3 Å². The number of allylic oxidation sites excluding steroid dienone is 3. The summed E-state index contributed by atoms with van der Waals surface area (Å²) in [5, 5.41) is 41.0. The van der Waals surface area contributed by atoms with Gasteiger partial charge in [0.15, 0.2) is 0 Å². The van der Waals surface area contributed by atoms with E-state index in [-0.39, 0.29) is 35.9 Å². The van der Waals surface area contributed by atoms with Gasteiger partial charge in [0.25, 0.3) is 0 Å². The Balaban J connectivity index is 1.47. The van der Waals surface area contributed by atoms with Crippen molar-refractivity contribution >= 4 is 17.2 Å². The Bertz CT molecular complexity index is 1730. The summed E-state index contributed by atoms with van der Waals surface area (Å²) >= 11 is 0. The standard InChI is InChI=1S/C46H68N4O6/c1-28(26-50-41(40(30(3)52)39(27-51)56-50)44(54)48-38-25-34-24-37(29(38)2)46(34,7)8)42(55-11)36(17-19-45(4,5)6)32-21-33(23-35(22-32)49(9)10)43(53)47-20-18-31-15-13-12-14-16-31/h12-17,19,21-23,29-30,34,37-41,43,47,51-53H,1,18,20,24-27H2,2-11H3,(H,48,54)/b19-17+,42-36-/t29-,30-,34+,37-,38-,39-,40+,41-,43?/m0/s1. The molecule has 10 heteroatoms. The molecule has 9 atom stereocenters. The zero-order valence-electron chi connectivity index (χ0n) is 35.4. The van der Waals surface area contributed by atoms with Crippen LogP contribution in [0.25, 0.3) is 5.57 Å². The highest BCUT2D eigenvalue weighted by Crippen LogP contribution is 2.61. The summed E-state index contributed by atoms with van der Waals surface area (Å²) in [6.45, 7) is 19.7. The second-order valence-corrected chi connectivity index (χ2v) is 18.3. The fourth-order valence-electron chi connectivity index (χ4n) is 9.15. The number of carbonyl (C=O) groups excluding carboxylic acids is 1. The van der Waals surface area contributed by atoms with Crippen molar-refractivity contribution in [1.29, 1.82) is 0 Å². The third-order valence-corrected chi connectivity index (χ3v) is 12.6. The molecule has 308 valence electrons. The summed E-state index contributed by atoms with van der Waals surface area (Å²) in [5.41, 5.74) is 5.00. The molecule has 4 fully saturated rings. The second-order valence-electron chi connectivity index (χ2n) is 18.3. The Morgan fingerprint density at radius 3 is 2.41 bits per heavy atom. The SMILES string of the molecule is C=C(CN1O[C@@H](CO)[C@@H]([C@H](C)O)[C@H]1C(=O)N[C@H]1C[C@H]2C[C@@H]([C@@H]1C)C2(C)C)/C(OC)=C(\C=C\C(C)(C)C)c1cc(C(O)NCCc2ccccc2)cc(N(C)C)c1. The Morgan fingerprint density at radius 1 is 1.14 bits per heavy atom. The van der Waals surface area contributed by atoms with Crippen LogP contribution in [0.15, 0.2) is 78.6 Å². The van der Waals surface area contributed by atoms with E-state index >= 15 is 0 Å². The van der Waals surface area contributed by atoms with Gasteiger partial charge in [-0.25, -0.2) is 0 Å². The monoisotopic (exact) mass is 773 g/mol. The van der Waals surface area contributed by atoms with Gasteiger partial charge in [-0.05, 0) is 89.7 Å². The number of aliphatic hydroxyl groups is 3. The van der Waals surface area contributed by atoms with Crippen LogP contribution in [0.1, 0.15) is 84.2 Å². The molecule has 0 spiro atoms. The molecule has 2 aromatic carbocycles. The predicted molar refractivity (Wildman–Crippen MR) is 224 cm³/mol. The maximum absolute atomic E-state index is 14.3. The van der Waals surface area contributed by atoms with Gasteiger partial charge in [-0.3, -0.25) is 14.9 Å². The fourth-order valence-corrected chi connectivity index (χ4v) is 9.15. The summed E-state index contributed by atoms with van der Waals surface area (Å²) in [6.07, 6.45) is 4.41. The number of nitrogens with zero attached hydrogens (tertiary/aromatic N) is 2. The van der Waals surface area contributed by atoms with Crippen molar-refractivity contribution < 1.29 is 29.7 Å². The van der Waals surface area contributed by atoms with Crippen molar-refractivity contribution in [3.8, 4) is 0 Å². The molecule has 1 heterocycles. The maximum atomic E-state index is 14.3. The average Bonchev–Trinajstić information content (AvgIpc) is 3.52. The van der Waals surface area contributed by atoms with Crippen molar-refractivity contribution in [2.75, 3.05) is 45.8 Å². The van der Waals surface area contributed by atoms with Crippen molar-refractivity contribution in [1.82, 2.24) is 15.7 Å². The molecule has 4 aliphatic rings. The molecule has 5 N–H and O–H groups in total. The van der Waals surface area contributed by atoms with E-state index in [4.69, 9.17) is 9.57 Å². The molecular formula is C46H68N4O6. The van der Waals surface area contributed by atoms with Crippen LogP contribution >= 0.6 is 0 Å². The van der Waals surface area contributed by atoms with E-state index < -0.39 is 30.4 Å². The van der Waals surface area contributed by atoms with Crippen LogP contribution in [0.5, 0.6) is 0 Å². The number of anilines is 1. The van der Waals surface area contributed by atoms with Crippen LogP contribution in [-0.2, 0) is 20.8 Å². The van der Waals surface area contributed by atoms with Crippen molar-refractivity contribution in [3.63, 3.8) is 0 Å². The number of carbonyl (C=O) groups is 1. The van der Waals surface area contributed by atoms with Gasteiger partial charge in [0.1, 0.15) is 24.1 Å². The lowest BCUT2D eigenvalue weighted by molar-refractivity contribution is -0.173. The van der Waals surface area contributed by atoms with Crippen LogP contribution in [0.3, 0.4) is 0 Å². The molecule has 1 aliphatic heterocycles. The molecule has 10 nitrogen and oxygen atoms in total. The van der Waals surface area contributed by atoms with Crippen LogP contribution < -0.4 is 15.5 Å². The number of methoxy groups -OCH3 is 1. The fraction of sp³-hybridized carbons (Fsp3) is 0.587. The molecule has 0 radical (unpaired) electrons. The molecule has 56 heavy (non-hydrogen) atoms. The molecule has 3 saturated carbocycles. The van der Waals surface area contributed by atoms with Gasteiger partial charge >= 0.3 is 0 Å².